The van der Waals surface area contributed by atoms with Crippen LogP contribution >= 0.6 is 11.6 Å². The second-order valence-corrected chi connectivity index (χ2v) is 6.22. The van der Waals surface area contributed by atoms with Gasteiger partial charge >= 0.3 is 0 Å². The van der Waals surface area contributed by atoms with Gasteiger partial charge in [0.15, 0.2) is 0 Å². The molecule has 0 atom stereocenters. The van der Waals surface area contributed by atoms with E-state index in [0.717, 1.165) is 35.9 Å². The molecule has 2 heterocycles. The lowest BCUT2D eigenvalue weighted by Crippen LogP contribution is -2.19. The predicted octanol–water partition coefficient (Wildman–Crippen LogP) is 4.10. The number of rotatable bonds is 4. The summed E-state index contributed by atoms with van der Waals surface area (Å²) in [7, 11) is 1.62. The van der Waals surface area contributed by atoms with Gasteiger partial charge in [-0.15, -0.1) is 0 Å². The summed E-state index contributed by atoms with van der Waals surface area (Å²) in [4.78, 5) is 11.4. The van der Waals surface area contributed by atoms with Crippen LogP contribution in [0.4, 0.5) is 17.5 Å². The zero-order chi connectivity index (χ0) is 16.4. The second-order valence-electron chi connectivity index (χ2n) is 5.81. The predicted molar refractivity (Wildman–Crippen MR) is 94.2 cm³/mol. The van der Waals surface area contributed by atoms with Gasteiger partial charge in [-0.3, -0.25) is 0 Å². The lowest BCUT2D eigenvalue weighted by molar-refractivity contribution is 0.416. The quantitative estimate of drug-likeness (QED) is 0.913. The molecule has 122 valence electrons. The standard InChI is InChI=1S/C17H21ClN4O/c1-11-8-14(15(23-3)10-13(11)18)20-17-19-12(2)9-16(21-17)22-6-4-5-7-22/h8-10H,4-7H2,1-3H3,(H,19,20,21). The van der Waals surface area contributed by atoms with Crippen LogP contribution < -0.4 is 15.0 Å². The first-order valence-corrected chi connectivity index (χ1v) is 8.16. The molecule has 1 aliphatic rings. The number of hydrogen-bond acceptors (Lipinski definition) is 5. The number of halogens is 1. The van der Waals surface area contributed by atoms with Gasteiger partial charge in [-0.1, -0.05) is 11.6 Å². The number of aryl methyl sites for hydroxylation is 2. The Hall–Kier alpha value is -2.01. The van der Waals surface area contributed by atoms with Gasteiger partial charge in [-0.05, 0) is 38.3 Å². The van der Waals surface area contributed by atoms with Crippen molar-refractivity contribution in [3.8, 4) is 5.75 Å². The maximum Gasteiger partial charge on any atom is 0.229 e. The molecule has 1 saturated heterocycles. The molecule has 1 N–H and O–H groups in total. The van der Waals surface area contributed by atoms with Crippen molar-refractivity contribution in [2.24, 2.45) is 0 Å². The Balaban J connectivity index is 1.92. The number of anilines is 3. The third-order valence-electron chi connectivity index (χ3n) is 4.00. The van der Waals surface area contributed by atoms with Crippen molar-refractivity contribution in [1.29, 1.82) is 0 Å². The van der Waals surface area contributed by atoms with Gasteiger partial charge < -0.3 is 15.0 Å². The molecule has 1 aliphatic heterocycles. The van der Waals surface area contributed by atoms with Gasteiger partial charge in [0.25, 0.3) is 0 Å². The van der Waals surface area contributed by atoms with E-state index in [0.29, 0.717) is 16.7 Å². The molecule has 0 amide bonds. The van der Waals surface area contributed by atoms with Crippen molar-refractivity contribution in [2.45, 2.75) is 26.7 Å². The normalized spacial score (nSPS) is 14.2. The largest absolute Gasteiger partial charge is 0.495 e. The van der Waals surface area contributed by atoms with Crippen LogP contribution in [0.25, 0.3) is 0 Å². The third kappa shape index (κ3) is 3.50. The highest BCUT2D eigenvalue weighted by Gasteiger charge is 2.16. The van der Waals surface area contributed by atoms with Gasteiger partial charge in [-0.25, -0.2) is 4.98 Å². The van der Waals surface area contributed by atoms with Crippen molar-refractivity contribution in [3.63, 3.8) is 0 Å². The van der Waals surface area contributed by atoms with E-state index >= 15 is 0 Å². The summed E-state index contributed by atoms with van der Waals surface area (Å²) >= 11 is 6.16. The number of benzene rings is 1. The van der Waals surface area contributed by atoms with Crippen molar-refractivity contribution in [1.82, 2.24) is 9.97 Å². The molecule has 6 heteroatoms. The van der Waals surface area contributed by atoms with Crippen LogP contribution in [0.3, 0.4) is 0 Å². The monoisotopic (exact) mass is 332 g/mol. The fourth-order valence-electron chi connectivity index (χ4n) is 2.77. The van der Waals surface area contributed by atoms with Crippen molar-refractivity contribution < 1.29 is 4.74 Å². The zero-order valence-corrected chi connectivity index (χ0v) is 14.4. The number of hydrogen-bond donors (Lipinski definition) is 1. The molecule has 0 radical (unpaired) electrons. The highest BCUT2D eigenvalue weighted by atomic mass is 35.5. The van der Waals surface area contributed by atoms with Gasteiger partial charge in [0.05, 0.1) is 12.8 Å². The van der Waals surface area contributed by atoms with E-state index in [1.807, 2.05) is 26.0 Å². The van der Waals surface area contributed by atoms with Gasteiger partial charge in [-0.2, -0.15) is 4.98 Å². The van der Waals surface area contributed by atoms with E-state index < -0.39 is 0 Å². The summed E-state index contributed by atoms with van der Waals surface area (Å²) in [5.74, 6) is 2.22. The molecule has 0 unspecified atom stereocenters. The van der Waals surface area contributed by atoms with E-state index in [1.165, 1.54) is 12.8 Å². The van der Waals surface area contributed by atoms with Crippen molar-refractivity contribution >= 4 is 29.1 Å². The van der Waals surface area contributed by atoms with Crippen LogP contribution in [0.15, 0.2) is 18.2 Å². The minimum atomic E-state index is 0.576. The van der Waals surface area contributed by atoms with E-state index in [1.54, 1.807) is 13.2 Å². The Labute approximate surface area is 141 Å². The molecule has 0 spiro atoms. The van der Waals surface area contributed by atoms with Crippen LogP contribution in [0.1, 0.15) is 24.1 Å². The fraction of sp³-hybridized carbons (Fsp3) is 0.412. The minimum absolute atomic E-state index is 0.576. The number of methoxy groups -OCH3 is 1. The first kappa shape index (κ1) is 15.9. The summed E-state index contributed by atoms with van der Waals surface area (Å²) in [6.45, 7) is 6.05. The zero-order valence-electron chi connectivity index (χ0n) is 13.7. The van der Waals surface area contributed by atoms with E-state index in [2.05, 4.69) is 20.2 Å². The van der Waals surface area contributed by atoms with Gasteiger partial charge in [0.1, 0.15) is 11.6 Å². The van der Waals surface area contributed by atoms with Gasteiger partial charge in [0, 0.05) is 35.9 Å². The molecular formula is C17H21ClN4O. The maximum absolute atomic E-state index is 6.16. The lowest BCUT2D eigenvalue weighted by Gasteiger charge is -2.18. The van der Waals surface area contributed by atoms with Crippen LogP contribution in [-0.2, 0) is 0 Å². The third-order valence-corrected chi connectivity index (χ3v) is 4.41. The first-order valence-electron chi connectivity index (χ1n) is 7.78. The number of aromatic nitrogens is 2. The second kappa shape index (κ2) is 6.62. The molecule has 5 nitrogen and oxygen atoms in total. The molecule has 2 aromatic rings. The van der Waals surface area contributed by atoms with Crippen molar-refractivity contribution in [2.75, 3.05) is 30.4 Å². The SMILES string of the molecule is COc1cc(Cl)c(C)cc1Nc1nc(C)cc(N2CCCC2)n1. The molecule has 1 fully saturated rings. The van der Waals surface area contributed by atoms with Crippen molar-refractivity contribution in [3.05, 3.63) is 34.5 Å². The molecule has 0 aliphatic carbocycles. The maximum atomic E-state index is 6.16. The van der Waals surface area contributed by atoms with Crippen LogP contribution in [-0.4, -0.2) is 30.2 Å². The molecule has 0 saturated carbocycles. The molecular weight excluding hydrogens is 312 g/mol. The summed E-state index contributed by atoms with van der Waals surface area (Å²) < 4.78 is 5.40. The first-order chi connectivity index (χ1) is 11.1. The Morgan fingerprint density at radius 2 is 1.87 bits per heavy atom. The summed E-state index contributed by atoms with van der Waals surface area (Å²) in [5, 5.41) is 3.94. The highest BCUT2D eigenvalue weighted by molar-refractivity contribution is 6.31. The molecule has 23 heavy (non-hydrogen) atoms. The topological polar surface area (TPSA) is 50.3 Å². The fourth-order valence-corrected chi connectivity index (χ4v) is 2.92. The van der Waals surface area contributed by atoms with E-state index in [-0.39, 0.29) is 0 Å². The Morgan fingerprint density at radius 1 is 1.13 bits per heavy atom. The summed E-state index contributed by atoms with van der Waals surface area (Å²) in [5.41, 5.74) is 2.73. The van der Waals surface area contributed by atoms with Crippen LogP contribution in [0, 0.1) is 13.8 Å². The Morgan fingerprint density at radius 3 is 2.57 bits per heavy atom. The highest BCUT2D eigenvalue weighted by Crippen LogP contribution is 2.32. The van der Waals surface area contributed by atoms with Gasteiger partial charge in [0.2, 0.25) is 5.95 Å². The molecule has 0 bridgehead atoms. The van der Waals surface area contributed by atoms with Crippen LogP contribution in [0.2, 0.25) is 5.02 Å². The Kier molecular flexibility index (Phi) is 4.57. The smallest absolute Gasteiger partial charge is 0.229 e. The number of ether oxygens (including phenoxy) is 1. The minimum Gasteiger partial charge on any atom is -0.495 e. The summed E-state index contributed by atoms with van der Waals surface area (Å²) in [6, 6.07) is 5.78. The number of nitrogens with zero attached hydrogens (tertiary/aromatic N) is 3. The average Bonchev–Trinajstić information content (AvgIpc) is 3.04. The summed E-state index contributed by atoms with van der Waals surface area (Å²) in [6.07, 6.45) is 2.44. The molecule has 3 rings (SSSR count). The van der Waals surface area contributed by atoms with E-state index in [9.17, 15) is 0 Å². The van der Waals surface area contributed by atoms with E-state index in [4.69, 9.17) is 16.3 Å². The molecule has 1 aromatic carbocycles. The Bertz CT molecular complexity index is 714. The molecule has 1 aromatic heterocycles. The average molecular weight is 333 g/mol. The lowest BCUT2D eigenvalue weighted by atomic mass is 10.2. The number of nitrogens with one attached hydrogen (secondary N) is 1. The van der Waals surface area contributed by atoms with Crippen LogP contribution in [0.5, 0.6) is 5.75 Å².